The summed E-state index contributed by atoms with van der Waals surface area (Å²) in [4.78, 5) is 27.1. The van der Waals surface area contributed by atoms with E-state index in [4.69, 9.17) is 5.14 Å². The third kappa shape index (κ3) is 5.49. The largest absolute Gasteiger partial charge is 0.274 e. The van der Waals surface area contributed by atoms with Crippen molar-refractivity contribution in [2.24, 2.45) is 5.14 Å². The van der Waals surface area contributed by atoms with Crippen LogP contribution in [0.2, 0.25) is 0 Å². The summed E-state index contributed by atoms with van der Waals surface area (Å²) in [6.45, 7) is -0.0842. The van der Waals surface area contributed by atoms with E-state index in [0.717, 1.165) is 24.1 Å². The Morgan fingerprint density at radius 3 is 2.23 bits per heavy atom. The Balaban J connectivity index is 1.64. The smallest absolute Gasteiger partial charge is 0.253 e. The lowest BCUT2D eigenvalue weighted by molar-refractivity contribution is -0.122. The molecule has 13 heteroatoms. The average Bonchev–Trinajstić information content (AvgIpc) is 3.44. The fraction of sp³-hybridized carbons (Fsp3) is 0.182. The van der Waals surface area contributed by atoms with Gasteiger partial charge in [-0.15, -0.1) is 11.3 Å². The number of hydrogen-bond donors (Lipinski definition) is 1. The number of amides is 2. The maximum absolute atomic E-state index is 13.5. The molecule has 1 atom stereocenters. The molecule has 2 aromatic carbocycles. The molecule has 0 bridgehead atoms. The van der Waals surface area contributed by atoms with E-state index in [0.29, 0.717) is 11.3 Å². The second kappa shape index (κ2) is 10.1. The highest BCUT2D eigenvalue weighted by atomic mass is 127. The van der Waals surface area contributed by atoms with Crippen LogP contribution >= 0.6 is 33.9 Å². The Hall–Kier alpha value is -2.17. The van der Waals surface area contributed by atoms with E-state index in [9.17, 15) is 26.4 Å². The molecule has 184 valence electrons. The van der Waals surface area contributed by atoms with Crippen LogP contribution in [0, 0.1) is 3.57 Å². The van der Waals surface area contributed by atoms with E-state index in [-0.39, 0.29) is 28.5 Å². The van der Waals surface area contributed by atoms with E-state index in [1.807, 2.05) is 0 Å². The number of nitrogens with zero attached hydrogens (tertiary/aromatic N) is 2. The fourth-order valence-electron chi connectivity index (χ4n) is 3.76. The molecule has 1 unspecified atom stereocenters. The number of anilines is 1. The lowest BCUT2D eigenvalue weighted by atomic mass is 10.1. The summed E-state index contributed by atoms with van der Waals surface area (Å²) in [5.41, 5.74) is 1.03. The zero-order chi connectivity index (χ0) is 25.4. The number of imide groups is 1. The average molecular weight is 646 g/mol. The number of carbonyl (C=O) groups excluding carboxylic acids is 2. The first kappa shape index (κ1) is 25.9. The summed E-state index contributed by atoms with van der Waals surface area (Å²) in [5, 5.41) is 6.75. The zero-order valence-corrected chi connectivity index (χ0v) is 22.7. The van der Waals surface area contributed by atoms with E-state index in [1.165, 1.54) is 30.3 Å². The molecule has 1 aliphatic rings. The number of carbonyl (C=O) groups is 2. The van der Waals surface area contributed by atoms with Gasteiger partial charge >= 0.3 is 0 Å². The topological polar surface area (TPSA) is 135 Å². The number of halogens is 1. The van der Waals surface area contributed by atoms with Crippen LogP contribution in [0.5, 0.6) is 0 Å². The van der Waals surface area contributed by atoms with Gasteiger partial charge in [-0.25, -0.2) is 26.9 Å². The lowest BCUT2D eigenvalue weighted by Crippen LogP contribution is -2.46. The van der Waals surface area contributed by atoms with E-state index in [1.54, 1.807) is 35.7 Å². The van der Waals surface area contributed by atoms with Crippen molar-refractivity contribution in [1.29, 1.82) is 0 Å². The Morgan fingerprint density at radius 2 is 1.66 bits per heavy atom. The normalized spacial score (nSPS) is 16.9. The predicted octanol–water partition coefficient (Wildman–Crippen LogP) is 2.57. The summed E-state index contributed by atoms with van der Waals surface area (Å²) in [7, 11) is -7.93. The first-order chi connectivity index (χ1) is 16.5. The molecular weight excluding hydrogens is 625 g/mol. The Morgan fingerprint density at radius 1 is 1.00 bits per heavy atom. The number of primary sulfonamides is 1. The van der Waals surface area contributed by atoms with Gasteiger partial charge in [-0.05, 0) is 82.4 Å². The third-order valence-corrected chi connectivity index (χ3v) is 10.4. The van der Waals surface area contributed by atoms with Crippen molar-refractivity contribution in [1.82, 2.24) is 4.31 Å². The van der Waals surface area contributed by atoms with Crippen molar-refractivity contribution in [3.63, 3.8) is 0 Å². The van der Waals surface area contributed by atoms with Crippen LogP contribution < -0.4 is 10.0 Å². The lowest BCUT2D eigenvalue weighted by Gasteiger charge is -2.26. The van der Waals surface area contributed by atoms with Crippen LogP contribution in [-0.4, -0.2) is 45.5 Å². The molecule has 1 aromatic heterocycles. The van der Waals surface area contributed by atoms with E-state index in [2.05, 4.69) is 22.6 Å². The molecule has 2 amide bonds. The number of thiophene rings is 1. The minimum absolute atomic E-state index is 0.0611. The van der Waals surface area contributed by atoms with Crippen LogP contribution in [0.25, 0.3) is 0 Å². The van der Waals surface area contributed by atoms with Gasteiger partial charge in [-0.3, -0.25) is 9.59 Å². The van der Waals surface area contributed by atoms with Gasteiger partial charge in [-0.1, -0.05) is 18.2 Å². The first-order valence-electron chi connectivity index (χ1n) is 10.3. The van der Waals surface area contributed by atoms with Crippen molar-refractivity contribution in [2.45, 2.75) is 28.0 Å². The summed E-state index contributed by atoms with van der Waals surface area (Å²) in [6, 6.07) is 14.4. The summed E-state index contributed by atoms with van der Waals surface area (Å²) in [6.07, 6.45) is -0.0865. The van der Waals surface area contributed by atoms with Gasteiger partial charge in [0.15, 0.2) is 0 Å². The molecule has 1 aliphatic heterocycles. The molecule has 35 heavy (non-hydrogen) atoms. The summed E-state index contributed by atoms with van der Waals surface area (Å²) < 4.78 is 52.0. The number of benzene rings is 2. The molecule has 4 rings (SSSR count). The molecule has 1 saturated heterocycles. The van der Waals surface area contributed by atoms with Gasteiger partial charge in [-0.2, -0.15) is 4.31 Å². The van der Waals surface area contributed by atoms with Crippen molar-refractivity contribution in [2.75, 3.05) is 11.4 Å². The third-order valence-electron chi connectivity index (χ3n) is 5.49. The second-order valence-corrected chi connectivity index (χ2v) is 13.6. The van der Waals surface area contributed by atoms with Crippen molar-refractivity contribution >= 4 is 71.5 Å². The number of nitrogens with two attached hydrogens (primary N) is 1. The number of sulfonamides is 2. The quantitative estimate of drug-likeness (QED) is 0.296. The van der Waals surface area contributed by atoms with Gasteiger partial charge in [0, 0.05) is 10.1 Å². The van der Waals surface area contributed by atoms with Crippen LogP contribution in [0.3, 0.4) is 0 Å². The number of hydrogen-bond acceptors (Lipinski definition) is 7. The number of rotatable bonds is 8. The molecule has 0 aliphatic carbocycles. The monoisotopic (exact) mass is 645 g/mol. The zero-order valence-electron chi connectivity index (χ0n) is 18.1. The van der Waals surface area contributed by atoms with Gasteiger partial charge in [0.2, 0.25) is 15.9 Å². The Labute approximate surface area is 220 Å². The van der Waals surface area contributed by atoms with Crippen LogP contribution in [0.15, 0.2) is 75.1 Å². The maximum atomic E-state index is 13.5. The molecule has 3 aromatic rings. The van der Waals surface area contributed by atoms with Gasteiger partial charge < -0.3 is 0 Å². The summed E-state index contributed by atoms with van der Waals surface area (Å²) >= 11 is 3.13. The second-order valence-electron chi connectivity index (χ2n) is 7.75. The van der Waals surface area contributed by atoms with Crippen molar-refractivity contribution in [3.8, 4) is 0 Å². The van der Waals surface area contributed by atoms with Gasteiger partial charge in [0.05, 0.1) is 17.0 Å². The molecule has 9 nitrogen and oxygen atoms in total. The molecule has 0 radical (unpaired) electrons. The molecule has 2 heterocycles. The minimum atomic E-state index is -4.08. The van der Waals surface area contributed by atoms with Crippen LogP contribution in [0.4, 0.5) is 5.69 Å². The SMILES string of the molecule is NS(=O)(=O)c1ccc(CCN(C2CC(=O)N(c3ccc(I)cc3)C2=O)S(=O)(=O)c2cccs2)cc1. The van der Waals surface area contributed by atoms with Gasteiger partial charge in [0.1, 0.15) is 10.3 Å². The Bertz CT molecular complexity index is 1460. The minimum Gasteiger partial charge on any atom is -0.274 e. The van der Waals surface area contributed by atoms with Crippen molar-refractivity contribution in [3.05, 3.63) is 75.2 Å². The van der Waals surface area contributed by atoms with Crippen molar-refractivity contribution < 1.29 is 26.4 Å². The molecule has 1 fully saturated rings. The predicted molar refractivity (Wildman–Crippen MR) is 140 cm³/mol. The molecule has 0 spiro atoms. The maximum Gasteiger partial charge on any atom is 0.253 e. The standard InChI is InChI=1S/C22H20IN3O6S3/c23-16-5-7-17(8-6-16)26-20(27)14-19(22(26)28)25(35(31,32)21-2-1-13-33-21)12-11-15-3-9-18(10-4-15)34(24,29)30/h1-10,13,19H,11-12,14H2,(H2,24,29,30). The van der Waals surface area contributed by atoms with Crippen LogP contribution in [0.1, 0.15) is 12.0 Å². The highest BCUT2D eigenvalue weighted by Gasteiger charge is 2.47. The molecule has 2 N–H and O–H groups in total. The Kier molecular flexibility index (Phi) is 7.45. The highest BCUT2D eigenvalue weighted by molar-refractivity contribution is 14.1. The van der Waals surface area contributed by atoms with E-state index < -0.39 is 37.9 Å². The first-order valence-corrected chi connectivity index (χ1v) is 15.2. The summed E-state index contributed by atoms with van der Waals surface area (Å²) in [5.74, 6) is -1.09. The molecular formula is C22H20IN3O6S3. The fourth-order valence-corrected chi connectivity index (χ4v) is 7.33. The van der Waals surface area contributed by atoms with Crippen LogP contribution in [-0.2, 0) is 36.1 Å². The molecule has 0 saturated carbocycles. The highest BCUT2D eigenvalue weighted by Crippen LogP contribution is 2.31. The van der Waals surface area contributed by atoms with Gasteiger partial charge in [0.25, 0.3) is 15.9 Å². The van der Waals surface area contributed by atoms with E-state index >= 15 is 0 Å².